The van der Waals surface area contributed by atoms with Gasteiger partial charge in [-0.3, -0.25) is 0 Å². The topological polar surface area (TPSA) is 49.8 Å². The maximum atomic E-state index is 10.4. The molecule has 1 N–H and O–H groups in total. The van der Waals surface area contributed by atoms with E-state index in [0.29, 0.717) is 0 Å². The monoisotopic (exact) mass is 186 g/mol. The molecule has 0 spiro atoms. The van der Waals surface area contributed by atoms with Gasteiger partial charge in [-0.2, -0.15) is 0 Å². The van der Waals surface area contributed by atoms with Gasteiger partial charge in [-0.15, -0.1) is 0 Å². The highest BCUT2D eigenvalue weighted by Crippen LogP contribution is 2.27. The average Bonchev–Trinajstić information content (AvgIpc) is 2.83. The first kappa shape index (κ1) is 10.5. The number of hydrogen-bond acceptors (Lipinski definition) is 2. The molecule has 1 heterocycles. The Balaban J connectivity index is 1.88. The predicted octanol–water partition coefficient (Wildman–Crippen LogP) is 2.20. The van der Waals surface area contributed by atoms with Crippen molar-refractivity contribution >= 4 is 5.97 Å². The van der Waals surface area contributed by atoms with E-state index < -0.39 is 12.1 Å². The normalized spacial score (nSPS) is 25.9. The van der Waals surface area contributed by atoms with Crippen molar-refractivity contribution in [2.45, 2.75) is 57.7 Å². The summed E-state index contributed by atoms with van der Waals surface area (Å²) in [5, 5.41) is 8.54. The van der Waals surface area contributed by atoms with Crippen LogP contribution in [0.5, 0.6) is 0 Å². The third-order valence-electron chi connectivity index (χ3n) is 2.42. The van der Waals surface area contributed by atoms with E-state index in [1.54, 1.807) is 0 Å². The number of aliphatic carboxylic acids is 1. The van der Waals surface area contributed by atoms with Gasteiger partial charge in [0.15, 0.2) is 6.10 Å². The molecule has 1 saturated heterocycles. The minimum absolute atomic E-state index is 0.0131. The summed E-state index contributed by atoms with van der Waals surface area (Å²) in [6.45, 7) is 2.18. The highest BCUT2D eigenvalue weighted by molar-refractivity contribution is 5.75. The van der Waals surface area contributed by atoms with Crippen LogP contribution in [0.2, 0.25) is 0 Å². The summed E-state index contributed by atoms with van der Waals surface area (Å²) >= 11 is 0. The van der Waals surface area contributed by atoms with Crippen LogP contribution in [0.3, 0.4) is 0 Å². The lowest BCUT2D eigenvalue weighted by atomic mass is 10.1. The molecule has 0 aromatic heterocycles. The Labute approximate surface area is 79.1 Å². The summed E-state index contributed by atoms with van der Waals surface area (Å²) in [5.74, 6) is -0.807. The number of hydrogen-bond donors (Lipinski definition) is 1. The Bertz CT molecular complexity index is 168. The molecule has 2 atom stereocenters. The molecule has 0 aromatic rings. The number of epoxide rings is 1. The number of carbonyl (C=O) groups is 1. The van der Waals surface area contributed by atoms with Gasteiger partial charge in [0.25, 0.3) is 0 Å². The lowest BCUT2D eigenvalue weighted by Crippen LogP contribution is -2.07. The van der Waals surface area contributed by atoms with Gasteiger partial charge in [-0.25, -0.2) is 4.79 Å². The molecule has 1 aliphatic heterocycles. The molecule has 76 valence electrons. The van der Waals surface area contributed by atoms with Crippen molar-refractivity contribution in [1.29, 1.82) is 0 Å². The fourth-order valence-electron chi connectivity index (χ4n) is 1.53. The number of unbranched alkanes of at least 4 members (excludes halogenated alkanes) is 4. The zero-order chi connectivity index (χ0) is 9.68. The second-order valence-electron chi connectivity index (χ2n) is 3.64. The Morgan fingerprint density at radius 2 is 2.00 bits per heavy atom. The van der Waals surface area contributed by atoms with Crippen molar-refractivity contribution in [3.63, 3.8) is 0 Å². The quantitative estimate of drug-likeness (QED) is 0.490. The lowest BCUT2D eigenvalue weighted by Gasteiger charge is -1.96. The van der Waals surface area contributed by atoms with Gasteiger partial charge in [-0.1, -0.05) is 39.0 Å². The van der Waals surface area contributed by atoms with Crippen LogP contribution in [0.4, 0.5) is 0 Å². The van der Waals surface area contributed by atoms with Crippen LogP contribution in [0.25, 0.3) is 0 Å². The number of rotatable bonds is 7. The molecule has 0 aliphatic carbocycles. The Morgan fingerprint density at radius 1 is 1.31 bits per heavy atom. The first-order chi connectivity index (χ1) is 6.25. The Hall–Kier alpha value is -0.570. The summed E-state index contributed by atoms with van der Waals surface area (Å²) in [6.07, 6.45) is 6.55. The zero-order valence-corrected chi connectivity index (χ0v) is 8.16. The van der Waals surface area contributed by atoms with Crippen molar-refractivity contribution in [3.05, 3.63) is 0 Å². The Kier molecular flexibility index (Phi) is 4.22. The van der Waals surface area contributed by atoms with E-state index >= 15 is 0 Å². The second kappa shape index (κ2) is 5.22. The minimum Gasteiger partial charge on any atom is -0.479 e. The first-order valence-corrected chi connectivity index (χ1v) is 5.14. The van der Waals surface area contributed by atoms with E-state index in [0.717, 1.165) is 12.8 Å². The van der Waals surface area contributed by atoms with Crippen molar-refractivity contribution < 1.29 is 14.6 Å². The summed E-state index contributed by atoms with van der Waals surface area (Å²) in [4.78, 5) is 10.4. The third-order valence-corrected chi connectivity index (χ3v) is 2.42. The highest BCUT2D eigenvalue weighted by atomic mass is 16.6. The van der Waals surface area contributed by atoms with Gasteiger partial charge in [0, 0.05) is 0 Å². The van der Waals surface area contributed by atoms with E-state index in [9.17, 15) is 4.79 Å². The van der Waals surface area contributed by atoms with E-state index in [4.69, 9.17) is 9.84 Å². The Morgan fingerprint density at radius 3 is 2.54 bits per heavy atom. The van der Waals surface area contributed by atoms with Crippen LogP contribution in [-0.2, 0) is 9.53 Å². The van der Waals surface area contributed by atoms with Gasteiger partial charge in [-0.05, 0) is 6.42 Å². The maximum Gasteiger partial charge on any atom is 0.335 e. The van der Waals surface area contributed by atoms with E-state index in [2.05, 4.69) is 6.92 Å². The van der Waals surface area contributed by atoms with Gasteiger partial charge >= 0.3 is 5.97 Å². The molecule has 0 amide bonds. The fraction of sp³-hybridized carbons (Fsp3) is 0.900. The molecule has 0 saturated carbocycles. The second-order valence-corrected chi connectivity index (χ2v) is 3.64. The predicted molar refractivity (Wildman–Crippen MR) is 49.7 cm³/mol. The summed E-state index contributed by atoms with van der Waals surface area (Å²) in [7, 11) is 0. The van der Waals surface area contributed by atoms with Crippen LogP contribution in [0, 0.1) is 0 Å². The molecule has 3 heteroatoms. The van der Waals surface area contributed by atoms with Gasteiger partial charge in [0.05, 0.1) is 6.10 Å². The average molecular weight is 186 g/mol. The molecular weight excluding hydrogens is 168 g/mol. The number of carboxylic acids is 1. The molecule has 1 fully saturated rings. The van der Waals surface area contributed by atoms with Gasteiger partial charge in [0.1, 0.15) is 0 Å². The van der Waals surface area contributed by atoms with Crippen molar-refractivity contribution in [2.24, 2.45) is 0 Å². The van der Waals surface area contributed by atoms with Crippen molar-refractivity contribution in [1.82, 2.24) is 0 Å². The zero-order valence-electron chi connectivity index (χ0n) is 8.16. The lowest BCUT2D eigenvalue weighted by molar-refractivity contribution is -0.138. The fourth-order valence-corrected chi connectivity index (χ4v) is 1.53. The number of carboxylic acid groups (broad SMARTS) is 1. The van der Waals surface area contributed by atoms with E-state index in [-0.39, 0.29) is 6.10 Å². The molecule has 0 aromatic carbocycles. The maximum absolute atomic E-state index is 10.4. The highest BCUT2D eigenvalue weighted by Gasteiger charge is 2.44. The molecule has 0 unspecified atom stereocenters. The largest absolute Gasteiger partial charge is 0.479 e. The van der Waals surface area contributed by atoms with Crippen molar-refractivity contribution in [3.8, 4) is 0 Å². The smallest absolute Gasteiger partial charge is 0.335 e. The van der Waals surface area contributed by atoms with Crippen LogP contribution < -0.4 is 0 Å². The number of ether oxygens (including phenoxy) is 1. The van der Waals surface area contributed by atoms with Crippen LogP contribution in [0.1, 0.15) is 45.4 Å². The van der Waals surface area contributed by atoms with Crippen molar-refractivity contribution in [2.75, 3.05) is 0 Å². The third kappa shape index (κ3) is 3.77. The molecule has 13 heavy (non-hydrogen) atoms. The molecule has 0 bridgehead atoms. The molecule has 1 rings (SSSR count). The van der Waals surface area contributed by atoms with Crippen LogP contribution >= 0.6 is 0 Å². The van der Waals surface area contributed by atoms with E-state index in [1.165, 1.54) is 25.7 Å². The SMILES string of the molecule is CCCCCCC[C@@H]1O[C@H]1C(=O)O. The van der Waals surface area contributed by atoms with E-state index in [1.807, 2.05) is 0 Å². The van der Waals surface area contributed by atoms with Gasteiger partial charge < -0.3 is 9.84 Å². The summed E-state index contributed by atoms with van der Waals surface area (Å²) < 4.78 is 4.99. The summed E-state index contributed by atoms with van der Waals surface area (Å²) in [6, 6.07) is 0. The van der Waals surface area contributed by atoms with Gasteiger partial charge in [0.2, 0.25) is 0 Å². The molecule has 0 radical (unpaired) electrons. The molecule has 1 aliphatic rings. The van der Waals surface area contributed by atoms with Crippen LogP contribution in [-0.4, -0.2) is 23.3 Å². The first-order valence-electron chi connectivity index (χ1n) is 5.14. The van der Waals surface area contributed by atoms with Crippen LogP contribution in [0.15, 0.2) is 0 Å². The summed E-state index contributed by atoms with van der Waals surface area (Å²) in [5.41, 5.74) is 0. The minimum atomic E-state index is -0.807. The molecular formula is C10H18O3. The standard InChI is InChI=1S/C10H18O3/c1-2-3-4-5-6-7-8-9(13-8)10(11)12/h8-9H,2-7H2,1H3,(H,11,12)/t8-,9+/m0/s1. The molecule has 3 nitrogen and oxygen atoms in total.